The minimum atomic E-state index is -0.357. The summed E-state index contributed by atoms with van der Waals surface area (Å²) in [4.78, 5) is 0. The molecule has 0 aliphatic heterocycles. The third-order valence-corrected chi connectivity index (χ3v) is 3.57. The summed E-state index contributed by atoms with van der Waals surface area (Å²) >= 11 is 3.31. The van der Waals surface area contributed by atoms with Gasteiger partial charge in [-0.15, -0.1) is 0 Å². The second-order valence-electron chi connectivity index (χ2n) is 4.55. The largest absolute Gasteiger partial charge is 0.324 e. The molecule has 0 heterocycles. The molecular weight excluding hydrogens is 312 g/mol. The van der Waals surface area contributed by atoms with Gasteiger partial charge < -0.3 is 5.73 Å². The Balaban J connectivity index is 2.25. The van der Waals surface area contributed by atoms with Gasteiger partial charge in [0.15, 0.2) is 0 Å². The van der Waals surface area contributed by atoms with Crippen LogP contribution in [0.25, 0.3) is 0 Å². The van der Waals surface area contributed by atoms with E-state index in [2.05, 4.69) is 15.9 Å². The van der Waals surface area contributed by atoms with E-state index in [0.717, 1.165) is 15.6 Å². The molecule has 0 aromatic heterocycles. The van der Waals surface area contributed by atoms with Gasteiger partial charge in [0.05, 0.1) is 0 Å². The summed E-state index contributed by atoms with van der Waals surface area (Å²) in [5.41, 5.74) is 8.25. The Morgan fingerprint density at radius 3 is 2.58 bits per heavy atom. The van der Waals surface area contributed by atoms with Crippen molar-refractivity contribution >= 4 is 15.9 Å². The smallest absolute Gasteiger partial charge is 0.126 e. The van der Waals surface area contributed by atoms with Crippen LogP contribution in [0.4, 0.5) is 8.78 Å². The topological polar surface area (TPSA) is 26.0 Å². The molecule has 0 bridgehead atoms. The van der Waals surface area contributed by atoms with Crippen molar-refractivity contribution in [2.75, 3.05) is 0 Å². The molecule has 100 valence electrons. The Morgan fingerprint density at radius 2 is 1.89 bits per heavy atom. The van der Waals surface area contributed by atoms with Crippen molar-refractivity contribution in [3.8, 4) is 0 Å². The maximum absolute atomic E-state index is 13.7. The quantitative estimate of drug-likeness (QED) is 0.895. The Bertz CT molecular complexity index is 599. The van der Waals surface area contributed by atoms with Gasteiger partial charge in [-0.05, 0) is 60.4 Å². The lowest BCUT2D eigenvalue weighted by Crippen LogP contribution is -2.15. The van der Waals surface area contributed by atoms with E-state index in [4.69, 9.17) is 5.73 Å². The molecule has 0 saturated heterocycles. The number of hydrogen-bond acceptors (Lipinski definition) is 1. The zero-order valence-corrected chi connectivity index (χ0v) is 12.0. The maximum Gasteiger partial charge on any atom is 0.126 e. The highest BCUT2D eigenvalue weighted by atomic mass is 79.9. The summed E-state index contributed by atoms with van der Waals surface area (Å²) in [5, 5.41) is 0. The molecule has 1 nitrogen and oxygen atoms in total. The van der Waals surface area contributed by atoms with E-state index in [9.17, 15) is 8.78 Å². The molecule has 0 aliphatic rings. The molecule has 2 N–H and O–H groups in total. The predicted octanol–water partition coefficient (Wildman–Crippen LogP) is 4.28. The fourth-order valence-electron chi connectivity index (χ4n) is 2.10. The van der Waals surface area contributed by atoms with Crippen molar-refractivity contribution in [1.29, 1.82) is 0 Å². The second-order valence-corrected chi connectivity index (χ2v) is 5.46. The lowest BCUT2D eigenvalue weighted by Gasteiger charge is -2.15. The van der Waals surface area contributed by atoms with Crippen LogP contribution in [0.2, 0.25) is 0 Å². The van der Waals surface area contributed by atoms with Crippen molar-refractivity contribution in [3.05, 3.63) is 69.2 Å². The third kappa shape index (κ3) is 3.39. The van der Waals surface area contributed by atoms with Crippen LogP contribution in [0, 0.1) is 18.6 Å². The van der Waals surface area contributed by atoms with Gasteiger partial charge in [-0.3, -0.25) is 0 Å². The average Bonchev–Trinajstić information content (AvgIpc) is 2.33. The van der Waals surface area contributed by atoms with Crippen molar-refractivity contribution in [2.45, 2.75) is 19.4 Å². The normalized spacial score (nSPS) is 12.5. The lowest BCUT2D eigenvalue weighted by atomic mass is 9.96. The Labute approximate surface area is 119 Å². The minimum Gasteiger partial charge on any atom is -0.324 e. The van der Waals surface area contributed by atoms with E-state index < -0.39 is 0 Å². The van der Waals surface area contributed by atoms with Crippen LogP contribution in [0.3, 0.4) is 0 Å². The minimum absolute atomic E-state index is 0.279. The van der Waals surface area contributed by atoms with E-state index in [-0.39, 0.29) is 17.7 Å². The summed E-state index contributed by atoms with van der Waals surface area (Å²) < 4.78 is 27.5. The van der Waals surface area contributed by atoms with Crippen LogP contribution in [0.5, 0.6) is 0 Å². The van der Waals surface area contributed by atoms with Gasteiger partial charge in [0.1, 0.15) is 11.6 Å². The Kier molecular flexibility index (Phi) is 4.32. The number of aryl methyl sites for hydroxylation is 1. The molecule has 2 rings (SSSR count). The number of hydrogen-bond donors (Lipinski definition) is 1. The fourth-order valence-corrected chi connectivity index (χ4v) is 2.51. The van der Waals surface area contributed by atoms with Gasteiger partial charge in [-0.2, -0.15) is 0 Å². The monoisotopic (exact) mass is 325 g/mol. The van der Waals surface area contributed by atoms with E-state index in [1.54, 1.807) is 25.1 Å². The van der Waals surface area contributed by atoms with Crippen LogP contribution >= 0.6 is 15.9 Å². The second kappa shape index (κ2) is 5.80. The first-order valence-corrected chi connectivity index (χ1v) is 6.72. The van der Waals surface area contributed by atoms with Crippen LogP contribution in [0.1, 0.15) is 22.7 Å². The molecule has 2 aromatic rings. The number of halogens is 3. The van der Waals surface area contributed by atoms with E-state index in [1.807, 2.05) is 0 Å². The molecule has 4 heteroatoms. The van der Waals surface area contributed by atoms with Crippen molar-refractivity contribution < 1.29 is 8.78 Å². The van der Waals surface area contributed by atoms with Gasteiger partial charge in [-0.25, -0.2) is 8.78 Å². The number of nitrogens with two attached hydrogens (primary N) is 1. The summed E-state index contributed by atoms with van der Waals surface area (Å²) in [7, 11) is 0. The highest BCUT2D eigenvalue weighted by molar-refractivity contribution is 9.10. The summed E-state index contributed by atoms with van der Waals surface area (Å²) in [6, 6.07) is 8.88. The SMILES string of the molecule is Cc1cc(F)ccc1C(N)Cc1cc(Br)ccc1F. The average molecular weight is 326 g/mol. The summed E-state index contributed by atoms with van der Waals surface area (Å²) in [6.45, 7) is 1.80. The molecule has 19 heavy (non-hydrogen) atoms. The zero-order valence-electron chi connectivity index (χ0n) is 10.5. The highest BCUT2D eigenvalue weighted by Crippen LogP contribution is 2.23. The predicted molar refractivity (Wildman–Crippen MR) is 75.9 cm³/mol. The molecule has 0 fully saturated rings. The molecule has 2 aromatic carbocycles. The molecule has 0 radical (unpaired) electrons. The molecule has 1 atom stereocenters. The maximum atomic E-state index is 13.7. The van der Waals surface area contributed by atoms with Crippen LogP contribution in [-0.2, 0) is 6.42 Å². The van der Waals surface area contributed by atoms with Crippen LogP contribution < -0.4 is 5.73 Å². The van der Waals surface area contributed by atoms with Gasteiger partial charge in [0.2, 0.25) is 0 Å². The van der Waals surface area contributed by atoms with Crippen molar-refractivity contribution in [3.63, 3.8) is 0 Å². The zero-order chi connectivity index (χ0) is 14.0. The van der Waals surface area contributed by atoms with Gasteiger partial charge in [0, 0.05) is 10.5 Å². The molecule has 0 saturated carbocycles. The molecule has 0 spiro atoms. The first kappa shape index (κ1) is 14.2. The van der Waals surface area contributed by atoms with Gasteiger partial charge >= 0.3 is 0 Å². The lowest BCUT2D eigenvalue weighted by molar-refractivity contribution is 0.590. The van der Waals surface area contributed by atoms with Crippen LogP contribution in [0.15, 0.2) is 40.9 Å². The molecule has 0 amide bonds. The highest BCUT2D eigenvalue weighted by Gasteiger charge is 2.13. The summed E-state index contributed by atoms with van der Waals surface area (Å²) in [6.07, 6.45) is 0.373. The molecule has 0 aliphatic carbocycles. The standard InChI is InChI=1S/C15H14BrF2N/c1-9-6-12(17)3-4-13(9)15(19)8-10-7-11(16)2-5-14(10)18/h2-7,15H,8,19H2,1H3. The first-order chi connectivity index (χ1) is 8.97. The molecule has 1 unspecified atom stereocenters. The Hall–Kier alpha value is -1.26. The van der Waals surface area contributed by atoms with Crippen molar-refractivity contribution in [2.24, 2.45) is 5.73 Å². The Morgan fingerprint density at radius 1 is 1.16 bits per heavy atom. The van der Waals surface area contributed by atoms with Crippen molar-refractivity contribution in [1.82, 2.24) is 0 Å². The fraction of sp³-hybridized carbons (Fsp3) is 0.200. The van der Waals surface area contributed by atoms with Gasteiger partial charge in [-0.1, -0.05) is 22.0 Å². The van der Waals surface area contributed by atoms with E-state index >= 15 is 0 Å². The van der Waals surface area contributed by atoms with Crippen LogP contribution in [-0.4, -0.2) is 0 Å². The number of rotatable bonds is 3. The first-order valence-electron chi connectivity index (χ1n) is 5.93. The van der Waals surface area contributed by atoms with E-state index in [1.165, 1.54) is 18.2 Å². The van der Waals surface area contributed by atoms with Gasteiger partial charge in [0.25, 0.3) is 0 Å². The third-order valence-electron chi connectivity index (χ3n) is 3.08. The molecular formula is C15H14BrF2N. The summed E-state index contributed by atoms with van der Waals surface area (Å²) in [5.74, 6) is -0.569. The number of benzene rings is 2. The van der Waals surface area contributed by atoms with E-state index in [0.29, 0.717) is 12.0 Å².